The van der Waals surface area contributed by atoms with Crippen molar-refractivity contribution in [3.8, 4) is 0 Å². The molecular weight excluding hydrogens is 374 g/mol. The van der Waals surface area contributed by atoms with Gasteiger partial charge in [0.15, 0.2) is 0 Å². The molecule has 0 amide bonds. The summed E-state index contributed by atoms with van der Waals surface area (Å²) in [5, 5.41) is 10.9. The van der Waals surface area contributed by atoms with Gasteiger partial charge in [0, 0.05) is 19.0 Å². The minimum absolute atomic E-state index is 0.236. The van der Waals surface area contributed by atoms with Gasteiger partial charge in [-0.1, -0.05) is 13.8 Å². The number of ketones is 1. The van der Waals surface area contributed by atoms with Crippen molar-refractivity contribution in [3.05, 3.63) is 0 Å². The van der Waals surface area contributed by atoms with Crippen LogP contribution < -0.4 is 0 Å². The highest BCUT2D eigenvalue weighted by molar-refractivity contribution is 5.84. The summed E-state index contributed by atoms with van der Waals surface area (Å²) in [6, 6.07) is 0. The molecule has 1 aliphatic heterocycles. The predicted molar refractivity (Wildman–Crippen MR) is 116 cm³/mol. The topological polar surface area (TPSA) is 49.8 Å². The Morgan fingerprint density at radius 3 is 2.47 bits per heavy atom. The normalized spacial score (nSPS) is 55.2. The number of hydrogen-bond acceptors (Lipinski definition) is 4. The Balaban J connectivity index is 1.16. The predicted octanol–water partition coefficient (Wildman–Crippen LogP) is 3.76. The van der Waals surface area contributed by atoms with Crippen molar-refractivity contribution in [1.29, 1.82) is 0 Å². The van der Waals surface area contributed by atoms with Crippen molar-refractivity contribution in [1.82, 2.24) is 4.90 Å². The maximum atomic E-state index is 13.4. The van der Waals surface area contributed by atoms with Crippen LogP contribution in [0.25, 0.3) is 0 Å². The number of hydrogen-bond donors (Lipinski definition) is 1. The fraction of sp³-hybridized carbons (Fsp3) is 0.962. The fourth-order valence-corrected chi connectivity index (χ4v) is 9.85. The zero-order valence-corrected chi connectivity index (χ0v) is 19.0. The lowest BCUT2D eigenvalue weighted by Gasteiger charge is -2.56. The van der Waals surface area contributed by atoms with Crippen molar-refractivity contribution in [2.75, 3.05) is 32.8 Å². The summed E-state index contributed by atoms with van der Waals surface area (Å²) in [4.78, 5) is 15.7. The quantitative estimate of drug-likeness (QED) is 0.762. The average Bonchev–Trinajstić information content (AvgIpc) is 3.12. The summed E-state index contributed by atoms with van der Waals surface area (Å²) in [7, 11) is 0. The van der Waals surface area contributed by atoms with E-state index in [9.17, 15) is 9.90 Å². The van der Waals surface area contributed by atoms with Gasteiger partial charge < -0.3 is 9.84 Å². The summed E-state index contributed by atoms with van der Waals surface area (Å²) < 4.78 is 5.47. The lowest BCUT2D eigenvalue weighted by molar-refractivity contribution is -0.133. The second kappa shape index (κ2) is 7.02. The molecule has 0 aromatic carbocycles. The second-order valence-electron chi connectivity index (χ2n) is 12.2. The third kappa shape index (κ3) is 2.78. The second-order valence-corrected chi connectivity index (χ2v) is 12.2. The number of rotatable bonds is 3. The monoisotopic (exact) mass is 415 g/mol. The Kier molecular flexibility index (Phi) is 4.72. The van der Waals surface area contributed by atoms with Crippen LogP contribution in [0, 0.1) is 52.8 Å². The first-order valence-electron chi connectivity index (χ1n) is 13.0. The van der Waals surface area contributed by atoms with Crippen LogP contribution >= 0.6 is 0 Å². The molecule has 30 heavy (non-hydrogen) atoms. The molecule has 6 fully saturated rings. The minimum atomic E-state index is -0.304. The van der Waals surface area contributed by atoms with Gasteiger partial charge in [-0.15, -0.1) is 0 Å². The molecule has 5 saturated carbocycles. The van der Waals surface area contributed by atoms with E-state index in [0.717, 1.165) is 68.7 Å². The molecule has 0 spiro atoms. The molecule has 0 bridgehead atoms. The Morgan fingerprint density at radius 2 is 1.67 bits per heavy atom. The largest absolute Gasteiger partial charge is 0.389 e. The van der Waals surface area contributed by atoms with Gasteiger partial charge in [-0.2, -0.15) is 0 Å². The Bertz CT molecular complexity index is 704. The zero-order chi connectivity index (χ0) is 20.7. The molecule has 1 N–H and O–H groups in total. The molecule has 168 valence electrons. The van der Waals surface area contributed by atoms with E-state index in [2.05, 4.69) is 18.7 Å². The van der Waals surface area contributed by atoms with Crippen molar-refractivity contribution in [2.45, 2.75) is 70.8 Å². The first kappa shape index (κ1) is 20.2. The maximum Gasteiger partial charge on any atom is 0.150 e. The van der Waals surface area contributed by atoms with Crippen LogP contribution in [0.5, 0.6) is 0 Å². The number of aliphatic hydroxyl groups is 1. The molecule has 2 unspecified atom stereocenters. The Morgan fingerprint density at radius 1 is 0.967 bits per heavy atom. The van der Waals surface area contributed by atoms with Gasteiger partial charge in [0.25, 0.3) is 0 Å². The van der Waals surface area contributed by atoms with Crippen molar-refractivity contribution in [2.24, 2.45) is 52.8 Å². The third-order valence-electron chi connectivity index (χ3n) is 11.4. The number of carbonyl (C=O) groups excluding carboxylic acids is 1. The molecule has 4 heteroatoms. The van der Waals surface area contributed by atoms with E-state index in [-0.39, 0.29) is 16.9 Å². The van der Waals surface area contributed by atoms with E-state index in [4.69, 9.17) is 4.74 Å². The van der Waals surface area contributed by atoms with Crippen LogP contribution in [0.1, 0.15) is 65.2 Å². The molecule has 4 nitrogen and oxygen atoms in total. The number of carbonyl (C=O) groups is 1. The lowest BCUT2D eigenvalue weighted by Crippen LogP contribution is -2.51. The van der Waals surface area contributed by atoms with E-state index in [1.807, 2.05) is 0 Å². The average molecular weight is 416 g/mol. The first-order chi connectivity index (χ1) is 14.4. The van der Waals surface area contributed by atoms with E-state index in [1.165, 1.54) is 38.5 Å². The molecule has 6 aliphatic rings. The Hall–Kier alpha value is -0.450. The molecule has 1 saturated heterocycles. The van der Waals surface area contributed by atoms with Gasteiger partial charge >= 0.3 is 0 Å². The fourth-order valence-electron chi connectivity index (χ4n) is 9.85. The summed E-state index contributed by atoms with van der Waals surface area (Å²) in [5.74, 6) is 6.03. The minimum Gasteiger partial charge on any atom is -0.389 e. The molecular formula is C26H41NO3. The first-order valence-corrected chi connectivity index (χ1v) is 13.0. The SMILES string of the molecule is CC1C2[C@@H]3CC[C@@H]4[C@H](CC[C@]5(C)[C@@H](C(=O)CN6CCOCC6)CC[C@@H]45)[C@H]3CC[C@]12O. The molecule has 1 heterocycles. The van der Waals surface area contributed by atoms with Crippen molar-refractivity contribution in [3.63, 3.8) is 0 Å². The van der Waals surface area contributed by atoms with Crippen LogP contribution in [0.3, 0.4) is 0 Å². The van der Waals surface area contributed by atoms with E-state index in [0.29, 0.717) is 24.2 Å². The number of fused-ring (bicyclic) bond motifs is 7. The highest BCUT2D eigenvalue weighted by atomic mass is 16.5. The van der Waals surface area contributed by atoms with Crippen LogP contribution in [-0.4, -0.2) is 54.2 Å². The highest BCUT2D eigenvalue weighted by Gasteiger charge is 2.69. The summed E-state index contributed by atoms with van der Waals surface area (Å²) >= 11 is 0. The van der Waals surface area contributed by atoms with Crippen LogP contribution in [0.15, 0.2) is 0 Å². The van der Waals surface area contributed by atoms with Crippen LogP contribution in [0.4, 0.5) is 0 Å². The summed E-state index contributed by atoms with van der Waals surface area (Å²) in [6.45, 7) is 8.80. The van der Waals surface area contributed by atoms with E-state index in [1.54, 1.807) is 0 Å². The van der Waals surface area contributed by atoms with Crippen LogP contribution in [-0.2, 0) is 9.53 Å². The number of morpholine rings is 1. The zero-order valence-electron chi connectivity index (χ0n) is 19.0. The van der Waals surface area contributed by atoms with Gasteiger partial charge in [-0.3, -0.25) is 9.69 Å². The number of Topliss-reactive ketones (excluding diaryl/α,β-unsaturated/α-hetero) is 1. The molecule has 5 aliphatic carbocycles. The van der Waals surface area contributed by atoms with Crippen molar-refractivity contribution >= 4 is 5.78 Å². The molecule has 0 radical (unpaired) electrons. The summed E-state index contributed by atoms with van der Waals surface area (Å²) in [6.07, 6.45) is 9.99. The van der Waals surface area contributed by atoms with Gasteiger partial charge in [0.05, 0.1) is 25.4 Å². The molecule has 10 atom stereocenters. The maximum absolute atomic E-state index is 13.4. The highest BCUT2D eigenvalue weighted by Crippen LogP contribution is 2.70. The molecule has 0 aromatic heterocycles. The number of nitrogens with zero attached hydrogens (tertiary/aromatic N) is 1. The lowest BCUT2D eigenvalue weighted by atomic mass is 9.49. The standard InChI is InChI=1S/C26H41NO3/c1-16-24-20-4-3-19-17(18(20)8-10-26(16,24)29)7-9-25(2)21(19)5-6-22(25)23(28)15-27-11-13-30-14-12-27/h16-22,24,29H,3-15H2,1-2H3/t16?,17-,18-,19-,20-,21+,22-,24?,25+,26+/m1/s1. The summed E-state index contributed by atoms with van der Waals surface area (Å²) in [5.41, 5.74) is -0.0683. The van der Waals surface area contributed by atoms with E-state index >= 15 is 0 Å². The van der Waals surface area contributed by atoms with Gasteiger partial charge in [-0.25, -0.2) is 0 Å². The van der Waals surface area contributed by atoms with Gasteiger partial charge in [-0.05, 0) is 98.2 Å². The molecule has 0 aromatic rings. The number of ether oxygens (including phenoxy) is 1. The van der Waals surface area contributed by atoms with Crippen molar-refractivity contribution < 1.29 is 14.6 Å². The smallest absolute Gasteiger partial charge is 0.150 e. The molecule has 6 rings (SSSR count). The Labute approximate surface area is 182 Å². The van der Waals surface area contributed by atoms with Gasteiger partial charge in [0.1, 0.15) is 5.78 Å². The van der Waals surface area contributed by atoms with Crippen LogP contribution in [0.2, 0.25) is 0 Å². The van der Waals surface area contributed by atoms with Gasteiger partial charge in [0.2, 0.25) is 0 Å². The van der Waals surface area contributed by atoms with E-state index < -0.39 is 0 Å². The third-order valence-corrected chi connectivity index (χ3v) is 11.4.